The van der Waals surface area contributed by atoms with Crippen LogP contribution in [0.25, 0.3) is 11.3 Å². The number of rotatable bonds is 6. The van der Waals surface area contributed by atoms with Gasteiger partial charge in [-0.15, -0.1) is 0 Å². The van der Waals surface area contributed by atoms with Crippen LogP contribution in [0.1, 0.15) is 11.9 Å². The maximum absolute atomic E-state index is 13.1. The highest BCUT2D eigenvalue weighted by Crippen LogP contribution is 2.27. The van der Waals surface area contributed by atoms with E-state index in [1.807, 2.05) is 16.8 Å². The average molecular weight is 402 g/mol. The first-order valence-corrected chi connectivity index (χ1v) is 9.92. The van der Waals surface area contributed by atoms with E-state index in [1.54, 1.807) is 12.1 Å². The molecule has 2 N–H and O–H groups in total. The Morgan fingerprint density at radius 2 is 2.08 bits per heavy atom. The number of thiophene rings is 1. The van der Waals surface area contributed by atoms with Crippen molar-refractivity contribution in [3.63, 3.8) is 0 Å². The van der Waals surface area contributed by atoms with Gasteiger partial charge in [0.15, 0.2) is 0 Å². The van der Waals surface area contributed by atoms with Gasteiger partial charge < -0.3 is 9.52 Å². The minimum atomic E-state index is -3.94. The van der Waals surface area contributed by atoms with Crippen LogP contribution in [-0.2, 0) is 10.0 Å². The Balaban J connectivity index is 1.69. The Morgan fingerprint density at radius 3 is 2.76 bits per heavy atom. The lowest BCUT2D eigenvalue weighted by Gasteiger charge is -2.11. The van der Waals surface area contributed by atoms with Crippen LogP contribution in [0.4, 0.5) is 4.39 Å². The van der Waals surface area contributed by atoms with Crippen LogP contribution < -0.4 is 4.72 Å². The highest BCUT2D eigenvalue weighted by Gasteiger charge is 2.20. The SMILES string of the molecule is O=S(=O)(NCC(O)c1ccc(-c2ccsc2)o1)c1ccc(F)c(Cl)c1. The van der Waals surface area contributed by atoms with Crippen LogP contribution in [0.2, 0.25) is 5.02 Å². The molecule has 2 aromatic heterocycles. The van der Waals surface area contributed by atoms with Crippen molar-refractivity contribution in [2.75, 3.05) is 6.54 Å². The summed E-state index contributed by atoms with van der Waals surface area (Å²) in [6.07, 6.45) is -1.17. The summed E-state index contributed by atoms with van der Waals surface area (Å²) in [7, 11) is -3.94. The molecule has 0 saturated carbocycles. The number of hydrogen-bond donors (Lipinski definition) is 2. The average Bonchev–Trinajstić information content (AvgIpc) is 3.26. The lowest BCUT2D eigenvalue weighted by atomic mass is 10.2. The Bertz CT molecular complexity index is 970. The number of benzene rings is 1. The summed E-state index contributed by atoms with van der Waals surface area (Å²) in [5.41, 5.74) is 0.880. The topological polar surface area (TPSA) is 79.5 Å². The van der Waals surface area contributed by atoms with Gasteiger partial charge in [-0.2, -0.15) is 11.3 Å². The van der Waals surface area contributed by atoms with E-state index in [2.05, 4.69) is 4.72 Å². The standard InChI is InChI=1S/C16H13ClFNO4S2/c17-12-7-11(1-2-13(12)18)25(21,22)19-8-14(20)16-4-3-15(23-16)10-5-6-24-9-10/h1-7,9,14,19-20H,8H2. The third-order valence-electron chi connectivity index (χ3n) is 3.43. The molecule has 9 heteroatoms. The molecule has 132 valence electrons. The zero-order chi connectivity index (χ0) is 18.0. The van der Waals surface area contributed by atoms with Gasteiger partial charge in [0.2, 0.25) is 10.0 Å². The van der Waals surface area contributed by atoms with Crippen molar-refractivity contribution in [3.05, 3.63) is 63.8 Å². The number of nitrogens with one attached hydrogen (secondary N) is 1. The number of aliphatic hydroxyl groups excluding tert-OH is 1. The fourth-order valence-corrected chi connectivity index (χ4v) is 4.06. The molecule has 0 aliphatic carbocycles. The smallest absolute Gasteiger partial charge is 0.240 e. The lowest BCUT2D eigenvalue weighted by Crippen LogP contribution is -2.28. The summed E-state index contributed by atoms with van der Waals surface area (Å²) in [5.74, 6) is 0.113. The lowest BCUT2D eigenvalue weighted by molar-refractivity contribution is 0.155. The van der Waals surface area contributed by atoms with E-state index in [9.17, 15) is 17.9 Å². The first-order valence-electron chi connectivity index (χ1n) is 7.12. The molecule has 0 bridgehead atoms. The molecule has 0 saturated heterocycles. The zero-order valence-electron chi connectivity index (χ0n) is 12.6. The number of halogens is 2. The van der Waals surface area contributed by atoms with Gasteiger partial charge in [-0.1, -0.05) is 11.6 Å². The molecule has 2 heterocycles. The zero-order valence-corrected chi connectivity index (χ0v) is 15.0. The third kappa shape index (κ3) is 4.10. The number of sulfonamides is 1. The molecular formula is C16H13ClFNO4S2. The molecule has 0 amide bonds. The second kappa shape index (κ2) is 7.27. The summed E-state index contributed by atoms with van der Waals surface area (Å²) in [5, 5.41) is 13.6. The highest BCUT2D eigenvalue weighted by atomic mass is 35.5. The molecule has 1 unspecified atom stereocenters. The summed E-state index contributed by atoms with van der Waals surface area (Å²) in [6.45, 7) is -0.298. The summed E-state index contributed by atoms with van der Waals surface area (Å²) in [6, 6.07) is 8.23. The van der Waals surface area contributed by atoms with Crippen LogP contribution in [-0.4, -0.2) is 20.1 Å². The van der Waals surface area contributed by atoms with Gasteiger partial charge in [0.1, 0.15) is 23.4 Å². The van der Waals surface area contributed by atoms with Crippen LogP contribution in [0.3, 0.4) is 0 Å². The first-order chi connectivity index (χ1) is 11.9. The molecule has 1 atom stereocenters. The van der Waals surface area contributed by atoms with Crippen molar-refractivity contribution in [1.82, 2.24) is 4.72 Å². The van der Waals surface area contributed by atoms with Gasteiger partial charge in [-0.05, 0) is 41.8 Å². The molecule has 3 rings (SSSR count). The molecule has 25 heavy (non-hydrogen) atoms. The summed E-state index contributed by atoms with van der Waals surface area (Å²) < 4.78 is 45.3. The number of hydrogen-bond acceptors (Lipinski definition) is 5. The van der Waals surface area contributed by atoms with E-state index in [1.165, 1.54) is 11.3 Å². The monoisotopic (exact) mass is 401 g/mol. The van der Waals surface area contributed by atoms with Crippen molar-refractivity contribution in [2.24, 2.45) is 0 Å². The Hall–Kier alpha value is -1.71. The maximum atomic E-state index is 13.1. The minimum Gasteiger partial charge on any atom is -0.458 e. The predicted molar refractivity (Wildman–Crippen MR) is 93.6 cm³/mol. The Kier molecular flexibility index (Phi) is 5.26. The number of aliphatic hydroxyl groups is 1. The van der Waals surface area contributed by atoms with Crippen LogP contribution in [0.15, 0.2) is 56.5 Å². The molecule has 1 aromatic carbocycles. The van der Waals surface area contributed by atoms with Crippen LogP contribution in [0, 0.1) is 5.82 Å². The minimum absolute atomic E-state index is 0.190. The predicted octanol–water partition coefficient (Wildman–Crippen LogP) is 3.81. The largest absolute Gasteiger partial charge is 0.458 e. The van der Waals surface area contributed by atoms with Gasteiger partial charge in [-0.25, -0.2) is 17.5 Å². The Morgan fingerprint density at radius 1 is 1.28 bits per heavy atom. The van der Waals surface area contributed by atoms with Crippen LogP contribution >= 0.6 is 22.9 Å². The fraction of sp³-hybridized carbons (Fsp3) is 0.125. The van der Waals surface area contributed by atoms with E-state index >= 15 is 0 Å². The molecule has 5 nitrogen and oxygen atoms in total. The summed E-state index contributed by atoms with van der Waals surface area (Å²) in [4.78, 5) is -0.190. The fourth-order valence-electron chi connectivity index (χ4n) is 2.11. The molecular weight excluding hydrogens is 389 g/mol. The van der Waals surface area contributed by atoms with E-state index in [0.29, 0.717) is 5.76 Å². The van der Waals surface area contributed by atoms with Crippen molar-refractivity contribution in [3.8, 4) is 11.3 Å². The van der Waals surface area contributed by atoms with E-state index < -0.39 is 21.9 Å². The van der Waals surface area contributed by atoms with Gasteiger partial charge in [0.05, 0.1) is 9.92 Å². The van der Waals surface area contributed by atoms with E-state index in [0.717, 1.165) is 23.8 Å². The third-order valence-corrected chi connectivity index (χ3v) is 5.82. The second-order valence-electron chi connectivity index (χ2n) is 5.16. The highest BCUT2D eigenvalue weighted by molar-refractivity contribution is 7.89. The summed E-state index contributed by atoms with van der Waals surface area (Å²) >= 11 is 7.11. The first kappa shape index (κ1) is 18.1. The quantitative estimate of drug-likeness (QED) is 0.658. The molecule has 0 aliphatic rings. The maximum Gasteiger partial charge on any atom is 0.240 e. The Labute approximate surface area is 152 Å². The normalized spacial score (nSPS) is 13.1. The molecule has 0 fully saturated rings. The van der Waals surface area contributed by atoms with Crippen molar-refractivity contribution in [2.45, 2.75) is 11.0 Å². The second-order valence-corrected chi connectivity index (χ2v) is 8.11. The van der Waals surface area contributed by atoms with Gasteiger partial charge in [0, 0.05) is 17.5 Å². The van der Waals surface area contributed by atoms with Gasteiger partial charge in [-0.3, -0.25) is 0 Å². The van der Waals surface area contributed by atoms with Crippen molar-refractivity contribution >= 4 is 33.0 Å². The van der Waals surface area contributed by atoms with Crippen LogP contribution in [0.5, 0.6) is 0 Å². The van der Waals surface area contributed by atoms with Gasteiger partial charge in [0.25, 0.3) is 0 Å². The van der Waals surface area contributed by atoms with E-state index in [4.69, 9.17) is 16.0 Å². The van der Waals surface area contributed by atoms with Crippen molar-refractivity contribution in [1.29, 1.82) is 0 Å². The van der Waals surface area contributed by atoms with Crippen molar-refractivity contribution < 1.29 is 22.3 Å². The van der Waals surface area contributed by atoms with E-state index in [-0.39, 0.29) is 22.2 Å². The van der Waals surface area contributed by atoms with Gasteiger partial charge >= 0.3 is 0 Å². The number of furan rings is 1. The molecule has 0 aliphatic heterocycles. The molecule has 0 radical (unpaired) electrons. The molecule has 0 spiro atoms. The molecule has 3 aromatic rings.